The molecule has 0 aliphatic heterocycles. The van der Waals surface area contributed by atoms with Crippen LogP contribution in [0.4, 0.5) is 0 Å². The van der Waals surface area contributed by atoms with E-state index in [1.807, 2.05) is 0 Å². The Morgan fingerprint density at radius 2 is 2.06 bits per heavy atom. The minimum absolute atomic E-state index is 0.0898. The Morgan fingerprint density at radius 1 is 1.25 bits per heavy atom. The molecule has 2 aliphatic rings. The van der Waals surface area contributed by atoms with Crippen LogP contribution in [0.25, 0.3) is 0 Å². The first-order valence-corrected chi connectivity index (χ1v) is 6.42. The molecule has 16 heavy (non-hydrogen) atoms. The van der Waals surface area contributed by atoms with Gasteiger partial charge in [-0.3, -0.25) is 4.79 Å². The molecule has 2 rings (SSSR count). The van der Waals surface area contributed by atoms with Crippen molar-refractivity contribution in [1.82, 2.24) is 10.6 Å². The van der Waals surface area contributed by atoms with Crippen LogP contribution in [0.3, 0.4) is 0 Å². The SMILES string of the molecule is O=C(CNC1CC1)NCC1CCCC(O)C1. The molecule has 2 unspecified atom stereocenters. The van der Waals surface area contributed by atoms with Gasteiger partial charge in [0.2, 0.25) is 5.91 Å². The van der Waals surface area contributed by atoms with Crippen LogP contribution in [0.15, 0.2) is 0 Å². The van der Waals surface area contributed by atoms with E-state index in [-0.39, 0.29) is 12.0 Å². The number of rotatable bonds is 5. The third-order valence-corrected chi connectivity index (χ3v) is 3.47. The van der Waals surface area contributed by atoms with E-state index in [0.29, 0.717) is 18.5 Å². The lowest BCUT2D eigenvalue weighted by atomic mass is 9.87. The van der Waals surface area contributed by atoms with Crippen molar-refractivity contribution < 1.29 is 9.90 Å². The number of aliphatic hydroxyl groups excluding tert-OH is 1. The van der Waals surface area contributed by atoms with Crippen LogP contribution >= 0.6 is 0 Å². The highest BCUT2D eigenvalue weighted by Gasteiger charge is 2.22. The number of hydrogen-bond acceptors (Lipinski definition) is 3. The summed E-state index contributed by atoms with van der Waals surface area (Å²) in [5, 5.41) is 15.6. The first kappa shape index (κ1) is 11.9. The van der Waals surface area contributed by atoms with Gasteiger partial charge in [-0.15, -0.1) is 0 Å². The van der Waals surface area contributed by atoms with Crippen LogP contribution in [0, 0.1) is 5.92 Å². The van der Waals surface area contributed by atoms with Crippen molar-refractivity contribution in [1.29, 1.82) is 0 Å². The Balaban J connectivity index is 1.56. The fourth-order valence-corrected chi connectivity index (χ4v) is 2.29. The van der Waals surface area contributed by atoms with Crippen molar-refractivity contribution in [3.05, 3.63) is 0 Å². The normalized spacial score (nSPS) is 30.1. The molecular weight excluding hydrogens is 204 g/mol. The third kappa shape index (κ3) is 4.10. The quantitative estimate of drug-likeness (QED) is 0.636. The van der Waals surface area contributed by atoms with Crippen molar-refractivity contribution in [3.63, 3.8) is 0 Å². The Morgan fingerprint density at radius 3 is 2.75 bits per heavy atom. The molecule has 0 aromatic rings. The molecule has 0 saturated heterocycles. The standard InChI is InChI=1S/C12H22N2O2/c15-11-3-1-2-9(6-11)7-14-12(16)8-13-10-4-5-10/h9-11,13,15H,1-8H2,(H,14,16). The molecule has 1 amide bonds. The summed E-state index contributed by atoms with van der Waals surface area (Å²) in [5.41, 5.74) is 0. The van der Waals surface area contributed by atoms with E-state index in [2.05, 4.69) is 10.6 Å². The Kier molecular flexibility index (Phi) is 4.18. The predicted molar refractivity (Wildman–Crippen MR) is 62.0 cm³/mol. The van der Waals surface area contributed by atoms with Gasteiger partial charge in [0.25, 0.3) is 0 Å². The van der Waals surface area contributed by atoms with E-state index in [4.69, 9.17) is 0 Å². The van der Waals surface area contributed by atoms with Crippen molar-refractivity contribution in [2.45, 2.75) is 50.7 Å². The molecule has 92 valence electrons. The number of hydrogen-bond donors (Lipinski definition) is 3. The van der Waals surface area contributed by atoms with Gasteiger partial charge in [-0.25, -0.2) is 0 Å². The molecule has 2 saturated carbocycles. The van der Waals surface area contributed by atoms with Gasteiger partial charge in [-0.05, 0) is 38.0 Å². The summed E-state index contributed by atoms with van der Waals surface area (Å²) < 4.78 is 0. The lowest BCUT2D eigenvalue weighted by Crippen LogP contribution is -2.38. The van der Waals surface area contributed by atoms with Crippen molar-refractivity contribution in [2.75, 3.05) is 13.1 Å². The van der Waals surface area contributed by atoms with Crippen molar-refractivity contribution in [2.24, 2.45) is 5.92 Å². The van der Waals surface area contributed by atoms with Gasteiger partial charge in [0.1, 0.15) is 0 Å². The van der Waals surface area contributed by atoms with Crippen LogP contribution in [0.1, 0.15) is 38.5 Å². The molecule has 0 aromatic heterocycles. The maximum absolute atomic E-state index is 11.5. The summed E-state index contributed by atoms with van der Waals surface area (Å²) in [6.07, 6.45) is 6.25. The molecule has 3 N–H and O–H groups in total. The molecule has 4 nitrogen and oxygen atoms in total. The van der Waals surface area contributed by atoms with Gasteiger partial charge >= 0.3 is 0 Å². The number of amides is 1. The van der Waals surface area contributed by atoms with Crippen LogP contribution in [-0.2, 0) is 4.79 Å². The zero-order chi connectivity index (χ0) is 11.4. The first-order valence-electron chi connectivity index (χ1n) is 6.42. The molecular formula is C12H22N2O2. The minimum Gasteiger partial charge on any atom is -0.393 e. The van der Waals surface area contributed by atoms with E-state index >= 15 is 0 Å². The van der Waals surface area contributed by atoms with Crippen LogP contribution in [0.2, 0.25) is 0 Å². The molecule has 2 fully saturated rings. The van der Waals surface area contributed by atoms with Crippen molar-refractivity contribution >= 4 is 5.91 Å². The number of aliphatic hydroxyl groups is 1. The molecule has 2 aliphatic carbocycles. The second-order valence-corrected chi connectivity index (χ2v) is 5.15. The average molecular weight is 226 g/mol. The molecule has 2 atom stereocenters. The van der Waals surface area contributed by atoms with E-state index in [1.165, 1.54) is 12.8 Å². The summed E-state index contributed by atoms with van der Waals surface area (Å²) in [7, 11) is 0. The molecule has 4 heteroatoms. The lowest BCUT2D eigenvalue weighted by Gasteiger charge is -2.25. The largest absolute Gasteiger partial charge is 0.393 e. The molecule has 0 aromatic carbocycles. The fourth-order valence-electron chi connectivity index (χ4n) is 2.29. The summed E-state index contributed by atoms with van der Waals surface area (Å²) in [5.74, 6) is 0.556. The van der Waals surface area contributed by atoms with E-state index in [9.17, 15) is 9.90 Å². The van der Waals surface area contributed by atoms with Gasteiger partial charge < -0.3 is 15.7 Å². The maximum Gasteiger partial charge on any atom is 0.233 e. The summed E-state index contributed by atoms with van der Waals surface area (Å²) in [4.78, 5) is 11.5. The van der Waals surface area contributed by atoms with Gasteiger partial charge in [0.15, 0.2) is 0 Å². The van der Waals surface area contributed by atoms with E-state index < -0.39 is 0 Å². The molecule has 0 radical (unpaired) electrons. The zero-order valence-corrected chi connectivity index (χ0v) is 9.74. The molecule has 0 bridgehead atoms. The Hall–Kier alpha value is -0.610. The van der Waals surface area contributed by atoms with Gasteiger partial charge in [0.05, 0.1) is 12.6 Å². The summed E-state index contributed by atoms with van der Waals surface area (Å²) >= 11 is 0. The number of nitrogens with one attached hydrogen (secondary N) is 2. The van der Waals surface area contributed by atoms with E-state index in [0.717, 1.165) is 32.2 Å². The van der Waals surface area contributed by atoms with Crippen LogP contribution in [-0.4, -0.2) is 36.2 Å². The highest BCUT2D eigenvalue weighted by Crippen LogP contribution is 2.23. The van der Waals surface area contributed by atoms with Gasteiger partial charge in [-0.1, -0.05) is 6.42 Å². The lowest BCUT2D eigenvalue weighted by molar-refractivity contribution is -0.120. The highest BCUT2D eigenvalue weighted by atomic mass is 16.3. The number of carbonyl (C=O) groups is 1. The topological polar surface area (TPSA) is 61.4 Å². The zero-order valence-electron chi connectivity index (χ0n) is 9.74. The fraction of sp³-hybridized carbons (Fsp3) is 0.917. The van der Waals surface area contributed by atoms with Crippen molar-refractivity contribution in [3.8, 4) is 0 Å². The first-order chi connectivity index (χ1) is 7.74. The van der Waals surface area contributed by atoms with Gasteiger partial charge in [0, 0.05) is 12.6 Å². The third-order valence-electron chi connectivity index (χ3n) is 3.47. The van der Waals surface area contributed by atoms with E-state index in [1.54, 1.807) is 0 Å². The van der Waals surface area contributed by atoms with Gasteiger partial charge in [-0.2, -0.15) is 0 Å². The predicted octanol–water partition coefficient (Wildman–Crippen LogP) is 0.406. The summed E-state index contributed by atoms with van der Waals surface area (Å²) in [6.45, 7) is 1.17. The second-order valence-electron chi connectivity index (χ2n) is 5.15. The maximum atomic E-state index is 11.5. The molecule has 0 spiro atoms. The van der Waals surface area contributed by atoms with Crippen LogP contribution < -0.4 is 10.6 Å². The highest BCUT2D eigenvalue weighted by molar-refractivity contribution is 5.78. The Bertz CT molecular complexity index is 241. The average Bonchev–Trinajstić information content (AvgIpc) is 3.07. The Labute approximate surface area is 96.8 Å². The molecule has 0 heterocycles. The second kappa shape index (κ2) is 5.64. The smallest absolute Gasteiger partial charge is 0.233 e. The number of carbonyl (C=O) groups excluding carboxylic acids is 1. The monoisotopic (exact) mass is 226 g/mol. The van der Waals surface area contributed by atoms with Crippen LogP contribution in [0.5, 0.6) is 0 Å². The minimum atomic E-state index is -0.153. The summed E-state index contributed by atoms with van der Waals surface area (Å²) in [6, 6.07) is 0.585.